The lowest BCUT2D eigenvalue weighted by molar-refractivity contribution is -0.139. The predicted molar refractivity (Wildman–Crippen MR) is 46.5 cm³/mol. The highest BCUT2D eigenvalue weighted by atomic mass is 16.2. The van der Waals surface area contributed by atoms with Gasteiger partial charge in [-0.1, -0.05) is 6.08 Å². The first kappa shape index (κ1) is 10.7. The van der Waals surface area contributed by atoms with E-state index >= 15 is 0 Å². The molecule has 4 heteroatoms. The second kappa shape index (κ2) is 5.35. The molecule has 2 N–H and O–H groups in total. The number of hydrogen-bond acceptors (Lipinski definition) is 2. The van der Waals surface area contributed by atoms with Gasteiger partial charge in [0.2, 0.25) is 0 Å². The van der Waals surface area contributed by atoms with Gasteiger partial charge in [0.25, 0.3) is 0 Å². The minimum absolute atomic E-state index is 0.0213. The topological polar surface area (TPSA) is 58.2 Å². The maximum atomic E-state index is 10.9. The molecular formula is C8H14N2O2. The zero-order valence-corrected chi connectivity index (χ0v) is 7.39. The van der Waals surface area contributed by atoms with Crippen molar-refractivity contribution < 1.29 is 9.59 Å². The van der Waals surface area contributed by atoms with Gasteiger partial charge in [0.05, 0.1) is 0 Å². The Morgan fingerprint density at radius 2 is 2.00 bits per heavy atom. The molecule has 12 heavy (non-hydrogen) atoms. The van der Waals surface area contributed by atoms with E-state index in [0.717, 1.165) is 0 Å². The van der Waals surface area contributed by atoms with E-state index in [4.69, 9.17) is 0 Å². The average molecular weight is 170 g/mol. The summed E-state index contributed by atoms with van der Waals surface area (Å²) in [7, 11) is 0. The number of amides is 2. The number of nitrogens with one attached hydrogen (secondary N) is 2. The highest BCUT2D eigenvalue weighted by molar-refractivity contribution is 6.35. The third-order valence-corrected chi connectivity index (χ3v) is 1.03. The Labute approximate surface area is 72.0 Å². The predicted octanol–water partition coefficient (Wildman–Crippen LogP) is -0.187. The van der Waals surface area contributed by atoms with E-state index in [9.17, 15) is 9.59 Å². The van der Waals surface area contributed by atoms with Crippen LogP contribution in [0.2, 0.25) is 0 Å². The van der Waals surface area contributed by atoms with Crippen molar-refractivity contribution in [1.82, 2.24) is 10.6 Å². The molecule has 0 rings (SSSR count). The fourth-order valence-electron chi connectivity index (χ4n) is 0.573. The van der Waals surface area contributed by atoms with Gasteiger partial charge in [-0.2, -0.15) is 0 Å². The van der Waals surface area contributed by atoms with Crippen molar-refractivity contribution in [2.45, 2.75) is 19.9 Å². The molecule has 0 aromatic rings. The van der Waals surface area contributed by atoms with Gasteiger partial charge in [-0.3, -0.25) is 9.59 Å². The van der Waals surface area contributed by atoms with Gasteiger partial charge in [-0.05, 0) is 13.8 Å². The molecule has 0 atom stereocenters. The lowest BCUT2D eigenvalue weighted by Gasteiger charge is -2.06. The summed E-state index contributed by atoms with van der Waals surface area (Å²) in [6.45, 7) is 7.30. The van der Waals surface area contributed by atoms with Crippen molar-refractivity contribution in [3.8, 4) is 0 Å². The normalized spacial score (nSPS) is 9.25. The highest BCUT2D eigenvalue weighted by Gasteiger charge is 2.12. The van der Waals surface area contributed by atoms with Crippen LogP contribution >= 0.6 is 0 Å². The Morgan fingerprint density at radius 1 is 1.42 bits per heavy atom. The van der Waals surface area contributed by atoms with Gasteiger partial charge in [0.15, 0.2) is 0 Å². The third-order valence-electron chi connectivity index (χ3n) is 1.03. The molecule has 0 unspecified atom stereocenters. The van der Waals surface area contributed by atoms with Crippen molar-refractivity contribution in [3.63, 3.8) is 0 Å². The van der Waals surface area contributed by atoms with Crippen molar-refractivity contribution in [3.05, 3.63) is 12.7 Å². The lowest BCUT2D eigenvalue weighted by atomic mass is 10.4. The van der Waals surface area contributed by atoms with Gasteiger partial charge >= 0.3 is 11.8 Å². The van der Waals surface area contributed by atoms with Crippen LogP contribution in [0.5, 0.6) is 0 Å². The maximum Gasteiger partial charge on any atom is 0.309 e. The molecule has 2 amide bonds. The molecule has 68 valence electrons. The Morgan fingerprint density at radius 3 is 2.42 bits per heavy atom. The van der Waals surface area contributed by atoms with Gasteiger partial charge in [-0.25, -0.2) is 0 Å². The van der Waals surface area contributed by atoms with E-state index in [1.165, 1.54) is 6.08 Å². The largest absolute Gasteiger partial charge is 0.346 e. The van der Waals surface area contributed by atoms with E-state index in [-0.39, 0.29) is 6.04 Å². The quantitative estimate of drug-likeness (QED) is 0.455. The number of carbonyl (C=O) groups is 2. The van der Waals surface area contributed by atoms with Gasteiger partial charge in [0, 0.05) is 12.6 Å². The molecule has 0 aliphatic rings. The zero-order valence-electron chi connectivity index (χ0n) is 7.39. The summed E-state index contributed by atoms with van der Waals surface area (Å²) in [4.78, 5) is 21.8. The SMILES string of the molecule is C=CCNC(=O)C(=O)NC(C)C. The molecule has 0 spiro atoms. The fraction of sp³-hybridized carbons (Fsp3) is 0.500. The second-order valence-corrected chi connectivity index (χ2v) is 2.63. The number of rotatable bonds is 3. The van der Waals surface area contributed by atoms with Crippen LogP contribution in [0.4, 0.5) is 0 Å². The van der Waals surface area contributed by atoms with Crippen LogP contribution in [0.25, 0.3) is 0 Å². The Kier molecular flexibility index (Phi) is 4.76. The molecule has 0 radical (unpaired) electrons. The van der Waals surface area contributed by atoms with Gasteiger partial charge in [-0.15, -0.1) is 6.58 Å². The number of carbonyl (C=O) groups excluding carboxylic acids is 2. The Balaban J connectivity index is 3.77. The summed E-state index contributed by atoms with van der Waals surface area (Å²) in [6.07, 6.45) is 1.51. The second-order valence-electron chi connectivity index (χ2n) is 2.63. The maximum absolute atomic E-state index is 10.9. The van der Waals surface area contributed by atoms with Gasteiger partial charge < -0.3 is 10.6 Å². The van der Waals surface area contributed by atoms with Crippen molar-refractivity contribution in [1.29, 1.82) is 0 Å². The van der Waals surface area contributed by atoms with Crippen LogP contribution in [0.15, 0.2) is 12.7 Å². The molecule has 0 saturated carbocycles. The minimum atomic E-state index is -0.622. The summed E-state index contributed by atoms with van der Waals surface area (Å²) in [5.41, 5.74) is 0. The summed E-state index contributed by atoms with van der Waals surface area (Å²) < 4.78 is 0. The van der Waals surface area contributed by atoms with E-state index < -0.39 is 11.8 Å². The Hall–Kier alpha value is -1.32. The van der Waals surface area contributed by atoms with Crippen LogP contribution in [-0.4, -0.2) is 24.4 Å². The lowest BCUT2D eigenvalue weighted by Crippen LogP contribution is -2.42. The van der Waals surface area contributed by atoms with Gasteiger partial charge in [0.1, 0.15) is 0 Å². The van der Waals surface area contributed by atoms with E-state index in [1.807, 2.05) is 0 Å². The molecular weight excluding hydrogens is 156 g/mol. The van der Waals surface area contributed by atoms with E-state index in [0.29, 0.717) is 6.54 Å². The smallest absolute Gasteiger partial charge is 0.309 e. The molecule has 0 heterocycles. The zero-order chi connectivity index (χ0) is 9.56. The minimum Gasteiger partial charge on any atom is -0.346 e. The molecule has 0 fully saturated rings. The van der Waals surface area contributed by atoms with Crippen LogP contribution < -0.4 is 10.6 Å². The van der Waals surface area contributed by atoms with Crippen LogP contribution in [0.1, 0.15) is 13.8 Å². The highest BCUT2D eigenvalue weighted by Crippen LogP contribution is 1.77. The molecule has 0 aromatic carbocycles. The first-order valence-electron chi connectivity index (χ1n) is 3.77. The molecule has 0 aromatic heterocycles. The van der Waals surface area contributed by atoms with Crippen molar-refractivity contribution >= 4 is 11.8 Å². The molecule has 0 aliphatic heterocycles. The first-order chi connectivity index (χ1) is 5.57. The average Bonchev–Trinajstić information content (AvgIpc) is 1.98. The standard InChI is InChI=1S/C8H14N2O2/c1-4-5-9-7(11)8(12)10-6(2)3/h4,6H,1,5H2,2-3H3,(H,9,11)(H,10,12). The molecule has 0 bridgehead atoms. The summed E-state index contributed by atoms with van der Waals surface area (Å²) in [6, 6.07) is -0.0213. The first-order valence-corrected chi connectivity index (χ1v) is 3.77. The summed E-state index contributed by atoms with van der Waals surface area (Å²) in [5.74, 6) is -1.23. The fourth-order valence-corrected chi connectivity index (χ4v) is 0.573. The molecule has 0 saturated heterocycles. The van der Waals surface area contributed by atoms with Crippen LogP contribution in [-0.2, 0) is 9.59 Å². The van der Waals surface area contributed by atoms with E-state index in [1.54, 1.807) is 13.8 Å². The molecule has 0 aliphatic carbocycles. The molecule has 4 nitrogen and oxygen atoms in total. The van der Waals surface area contributed by atoms with Crippen LogP contribution in [0.3, 0.4) is 0 Å². The van der Waals surface area contributed by atoms with Crippen molar-refractivity contribution in [2.24, 2.45) is 0 Å². The summed E-state index contributed by atoms with van der Waals surface area (Å²) in [5, 5.41) is 4.83. The van der Waals surface area contributed by atoms with E-state index in [2.05, 4.69) is 17.2 Å². The van der Waals surface area contributed by atoms with Crippen molar-refractivity contribution in [2.75, 3.05) is 6.54 Å². The summed E-state index contributed by atoms with van der Waals surface area (Å²) >= 11 is 0. The monoisotopic (exact) mass is 170 g/mol. The third kappa shape index (κ3) is 4.49. The Bertz CT molecular complexity index is 187. The number of hydrogen-bond donors (Lipinski definition) is 2. The van der Waals surface area contributed by atoms with Crippen LogP contribution in [0, 0.1) is 0 Å².